The van der Waals surface area contributed by atoms with Crippen molar-refractivity contribution in [2.24, 2.45) is 5.92 Å². The van der Waals surface area contributed by atoms with Crippen molar-refractivity contribution in [3.8, 4) is 5.75 Å². The number of hydrogen-bond donors (Lipinski definition) is 1. The molecule has 0 saturated heterocycles. The number of nitrogens with one attached hydrogen (secondary N) is 1. The van der Waals surface area contributed by atoms with Crippen molar-refractivity contribution in [1.29, 1.82) is 0 Å². The van der Waals surface area contributed by atoms with Crippen LogP contribution in [0.3, 0.4) is 0 Å². The smallest absolute Gasteiger partial charge is 0.387 e. The summed E-state index contributed by atoms with van der Waals surface area (Å²) in [6.45, 7) is 1.51. The van der Waals surface area contributed by atoms with Crippen LogP contribution in [0.1, 0.15) is 38.3 Å². The molecule has 1 unspecified atom stereocenters. The molecule has 18 heavy (non-hydrogen) atoms. The highest BCUT2D eigenvalue weighted by molar-refractivity contribution is 5.35. The van der Waals surface area contributed by atoms with Crippen molar-refractivity contribution in [3.05, 3.63) is 29.8 Å². The van der Waals surface area contributed by atoms with E-state index < -0.39 is 6.61 Å². The minimum atomic E-state index is -2.78. The van der Waals surface area contributed by atoms with E-state index in [1.54, 1.807) is 12.1 Å². The molecule has 0 aromatic heterocycles. The lowest BCUT2D eigenvalue weighted by Gasteiger charge is -2.20. The van der Waals surface area contributed by atoms with E-state index in [4.69, 9.17) is 0 Å². The Kier molecular flexibility index (Phi) is 6.05. The van der Waals surface area contributed by atoms with Crippen LogP contribution in [-0.2, 0) is 0 Å². The first-order chi connectivity index (χ1) is 8.54. The quantitative estimate of drug-likeness (QED) is 0.797. The second kappa shape index (κ2) is 7.31. The van der Waals surface area contributed by atoms with E-state index in [-0.39, 0.29) is 11.8 Å². The van der Waals surface area contributed by atoms with Crippen molar-refractivity contribution in [2.45, 2.75) is 39.3 Å². The minimum absolute atomic E-state index is 0.0438. The molecule has 2 nitrogen and oxygen atoms in total. The average molecular weight is 257 g/mol. The first-order valence-electron chi connectivity index (χ1n) is 6.25. The van der Waals surface area contributed by atoms with E-state index in [1.807, 2.05) is 19.2 Å². The Balaban J connectivity index is 2.83. The van der Waals surface area contributed by atoms with Gasteiger partial charge in [0, 0.05) is 11.6 Å². The van der Waals surface area contributed by atoms with E-state index in [0.29, 0.717) is 5.92 Å². The second-order valence-electron chi connectivity index (χ2n) is 4.73. The largest absolute Gasteiger partial charge is 0.434 e. The topological polar surface area (TPSA) is 21.3 Å². The van der Waals surface area contributed by atoms with Crippen LogP contribution >= 0.6 is 0 Å². The molecule has 1 atom stereocenters. The summed E-state index contributed by atoms with van der Waals surface area (Å²) >= 11 is 0. The van der Waals surface area contributed by atoms with Gasteiger partial charge in [-0.05, 0) is 31.9 Å². The lowest BCUT2D eigenvalue weighted by atomic mass is 9.97. The molecule has 0 fully saturated rings. The van der Waals surface area contributed by atoms with Crippen molar-refractivity contribution in [1.82, 2.24) is 5.32 Å². The van der Waals surface area contributed by atoms with Gasteiger partial charge in [0.05, 0.1) is 0 Å². The summed E-state index contributed by atoms with van der Waals surface area (Å²) in [5.74, 6) is 0.847. The molecule has 0 saturated carbocycles. The molecule has 102 valence electrons. The van der Waals surface area contributed by atoms with Gasteiger partial charge in [0.15, 0.2) is 0 Å². The number of halogens is 2. The van der Waals surface area contributed by atoms with Gasteiger partial charge in [0.2, 0.25) is 0 Å². The number of ether oxygens (including phenoxy) is 1. The summed E-state index contributed by atoms with van der Waals surface area (Å²) in [4.78, 5) is 0. The zero-order chi connectivity index (χ0) is 13.5. The van der Waals surface area contributed by atoms with E-state index >= 15 is 0 Å². The van der Waals surface area contributed by atoms with E-state index in [0.717, 1.165) is 18.4 Å². The van der Waals surface area contributed by atoms with Crippen LogP contribution in [0.4, 0.5) is 8.78 Å². The SMILES string of the molecule is CNC(CCC(C)C)c1ccccc1OC(F)F. The zero-order valence-corrected chi connectivity index (χ0v) is 11.1. The minimum Gasteiger partial charge on any atom is -0.434 e. The zero-order valence-electron chi connectivity index (χ0n) is 11.1. The van der Waals surface area contributed by atoms with Gasteiger partial charge in [-0.2, -0.15) is 8.78 Å². The van der Waals surface area contributed by atoms with Crippen molar-refractivity contribution in [3.63, 3.8) is 0 Å². The molecular weight excluding hydrogens is 236 g/mol. The van der Waals surface area contributed by atoms with Crippen molar-refractivity contribution < 1.29 is 13.5 Å². The normalized spacial score (nSPS) is 13.1. The molecular formula is C14H21F2NO. The standard InChI is InChI=1S/C14H21F2NO/c1-10(2)8-9-12(17-3)11-6-4-5-7-13(11)18-14(15)16/h4-7,10,12,14,17H,8-9H2,1-3H3. The first-order valence-corrected chi connectivity index (χ1v) is 6.25. The molecule has 0 bridgehead atoms. The van der Waals surface area contributed by atoms with E-state index in [9.17, 15) is 8.78 Å². The molecule has 0 heterocycles. The van der Waals surface area contributed by atoms with Gasteiger partial charge in [-0.1, -0.05) is 32.0 Å². The predicted molar refractivity (Wildman–Crippen MR) is 68.9 cm³/mol. The molecule has 1 aromatic rings. The van der Waals surface area contributed by atoms with Crippen LogP contribution in [0.2, 0.25) is 0 Å². The van der Waals surface area contributed by atoms with E-state index in [1.165, 1.54) is 0 Å². The third-order valence-electron chi connectivity index (χ3n) is 2.89. The Morgan fingerprint density at radius 2 is 1.83 bits per heavy atom. The van der Waals surface area contributed by atoms with Crippen LogP contribution in [0, 0.1) is 5.92 Å². The third-order valence-corrected chi connectivity index (χ3v) is 2.89. The molecule has 4 heteroatoms. The maximum Gasteiger partial charge on any atom is 0.387 e. The van der Waals surface area contributed by atoms with Crippen molar-refractivity contribution >= 4 is 0 Å². The summed E-state index contributed by atoms with van der Waals surface area (Å²) < 4.78 is 29.2. The van der Waals surface area contributed by atoms with Gasteiger partial charge >= 0.3 is 6.61 Å². The second-order valence-corrected chi connectivity index (χ2v) is 4.73. The predicted octanol–water partition coefficient (Wildman–Crippen LogP) is 3.98. The summed E-state index contributed by atoms with van der Waals surface area (Å²) in [5, 5.41) is 3.16. The number of para-hydroxylation sites is 1. The highest BCUT2D eigenvalue weighted by atomic mass is 19.3. The van der Waals surface area contributed by atoms with Gasteiger partial charge < -0.3 is 10.1 Å². The molecule has 1 N–H and O–H groups in total. The lowest BCUT2D eigenvalue weighted by molar-refractivity contribution is -0.0507. The lowest BCUT2D eigenvalue weighted by Crippen LogP contribution is -2.18. The van der Waals surface area contributed by atoms with E-state index in [2.05, 4.69) is 23.9 Å². The fourth-order valence-corrected chi connectivity index (χ4v) is 1.93. The van der Waals surface area contributed by atoms with Gasteiger partial charge in [0.25, 0.3) is 0 Å². The summed E-state index contributed by atoms with van der Waals surface area (Å²) in [5.41, 5.74) is 0.793. The number of hydrogen-bond acceptors (Lipinski definition) is 2. The molecule has 0 amide bonds. The Labute approximate surface area is 107 Å². The van der Waals surface area contributed by atoms with Crippen LogP contribution in [0.5, 0.6) is 5.75 Å². The maximum atomic E-state index is 12.3. The van der Waals surface area contributed by atoms with Crippen LogP contribution in [0.15, 0.2) is 24.3 Å². The fraction of sp³-hybridized carbons (Fsp3) is 0.571. The third kappa shape index (κ3) is 4.61. The van der Waals surface area contributed by atoms with Gasteiger partial charge in [-0.3, -0.25) is 0 Å². The highest BCUT2D eigenvalue weighted by Gasteiger charge is 2.16. The Bertz CT molecular complexity index is 355. The van der Waals surface area contributed by atoms with Gasteiger partial charge in [0.1, 0.15) is 5.75 Å². The molecule has 0 aliphatic heterocycles. The molecule has 1 rings (SSSR count). The Morgan fingerprint density at radius 1 is 1.17 bits per heavy atom. The summed E-state index contributed by atoms with van der Waals surface area (Å²) in [7, 11) is 1.84. The average Bonchev–Trinajstić information content (AvgIpc) is 2.30. The Morgan fingerprint density at radius 3 is 2.39 bits per heavy atom. The molecule has 0 radical (unpaired) electrons. The monoisotopic (exact) mass is 257 g/mol. The molecule has 0 spiro atoms. The summed E-state index contributed by atoms with van der Waals surface area (Å²) in [6, 6.07) is 7.01. The Hall–Kier alpha value is -1.16. The van der Waals surface area contributed by atoms with Crippen molar-refractivity contribution in [2.75, 3.05) is 7.05 Å². The highest BCUT2D eigenvalue weighted by Crippen LogP contribution is 2.29. The number of benzene rings is 1. The first kappa shape index (κ1) is 14.9. The van der Waals surface area contributed by atoms with Gasteiger partial charge in [-0.25, -0.2) is 0 Å². The maximum absolute atomic E-state index is 12.3. The van der Waals surface area contributed by atoms with Crippen LogP contribution in [0.25, 0.3) is 0 Å². The fourth-order valence-electron chi connectivity index (χ4n) is 1.93. The molecule has 0 aliphatic rings. The number of rotatable bonds is 7. The van der Waals surface area contributed by atoms with Gasteiger partial charge in [-0.15, -0.1) is 0 Å². The molecule has 0 aliphatic carbocycles. The van der Waals surface area contributed by atoms with Crippen LogP contribution in [-0.4, -0.2) is 13.7 Å². The summed E-state index contributed by atoms with van der Waals surface area (Å²) in [6.07, 6.45) is 1.94. The molecule has 1 aromatic carbocycles. The van der Waals surface area contributed by atoms with Crippen LogP contribution < -0.4 is 10.1 Å². The number of alkyl halides is 2.